The number of rotatable bonds is 23. The van der Waals surface area contributed by atoms with Gasteiger partial charge in [0.2, 0.25) is 0 Å². The standard InChI is InChI=1S/C35H50Br2N2O4/c1-2-3-4-5-6-7-8-9-10-11-12-13-14-15-16-17-18-19-20-21-22-27-29-25-32(37)33(38(40)41)26-30(29)28-23-24-31(36)35(34(27)28)39(42)43/h23-27H,2-22H2,1H3. The number of nitro benzene ring substituents is 2. The van der Waals surface area contributed by atoms with Crippen LogP contribution in [0.2, 0.25) is 0 Å². The molecule has 0 aliphatic heterocycles. The lowest BCUT2D eigenvalue weighted by atomic mass is 9.90. The van der Waals surface area contributed by atoms with E-state index in [4.69, 9.17) is 0 Å². The van der Waals surface area contributed by atoms with E-state index in [1.165, 1.54) is 116 Å². The van der Waals surface area contributed by atoms with Gasteiger partial charge in [-0.2, -0.15) is 0 Å². The minimum atomic E-state index is -0.413. The zero-order chi connectivity index (χ0) is 31.0. The number of hydrogen-bond donors (Lipinski definition) is 0. The molecule has 0 aromatic heterocycles. The van der Waals surface area contributed by atoms with E-state index in [0.29, 0.717) is 14.5 Å². The van der Waals surface area contributed by atoms with Gasteiger partial charge in [0.25, 0.3) is 11.4 Å². The van der Waals surface area contributed by atoms with E-state index >= 15 is 0 Å². The molecule has 1 atom stereocenters. The summed E-state index contributed by atoms with van der Waals surface area (Å²) in [5.74, 6) is -0.143. The van der Waals surface area contributed by atoms with E-state index in [9.17, 15) is 20.2 Å². The van der Waals surface area contributed by atoms with Gasteiger partial charge in [-0.1, -0.05) is 141 Å². The van der Waals surface area contributed by atoms with E-state index in [-0.39, 0.29) is 22.2 Å². The smallest absolute Gasteiger partial charge is 0.258 e. The van der Waals surface area contributed by atoms with Crippen molar-refractivity contribution < 1.29 is 9.85 Å². The highest BCUT2D eigenvalue weighted by Crippen LogP contribution is 2.54. The maximum absolute atomic E-state index is 12.0. The molecule has 0 N–H and O–H groups in total. The van der Waals surface area contributed by atoms with Crippen molar-refractivity contribution in [3.8, 4) is 11.1 Å². The summed E-state index contributed by atoms with van der Waals surface area (Å²) in [5.41, 5.74) is 3.14. The number of fused-ring (bicyclic) bond motifs is 3. The number of benzene rings is 2. The molecular weight excluding hydrogens is 672 g/mol. The average Bonchev–Trinajstić information content (AvgIpc) is 3.27. The molecule has 1 aliphatic carbocycles. The molecule has 0 spiro atoms. The summed E-state index contributed by atoms with van der Waals surface area (Å²) >= 11 is 6.73. The zero-order valence-corrected chi connectivity index (χ0v) is 29.2. The highest BCUT2D eigenvalue weighted by Gasteiger charge is 2.38. The van der Waals surface area contributed by atoms with Crippen LogP contribution >= 0.6 is 31.9 Å². The maximum Gasteiger partial charge on any atom is 0.287 e. The van der Waals surface area contributed by atoms with Gasteiger partial charge in [0.05, 0.1) is 18.8 Å². The Bertz CT molecular complexity index is 1190. The van der Waals surface area contributed by atoms with E-state index in [1.807, 2.05) is 6.07 Å². The van der Waals surface area contributed by atoms with Crippen molar-refractivity contribution in [3.05, 3.63) is 64.6 Å². The molecule has 0 bridgehead atoms. The Balaban J connectivity index is 1.32. The predicted octanol–water partition coefficient (Wildman–Crippen LogP) is 13.4. The maximum atomic E-state index is 12.0. The lowest BCUT2D eigenvalue weighted by Gasteiger charge is -2.14. The van der Waals surface area contributed by atoms with Crippen molar-refractivity contribution in [1.82, 2.24) is 0 Å². The molecule has 0 saturated heterocycles. The first-order chi connectivity index (χ1) is 20.9. The fraction of sp³-hybridized carbons (Fsp3) is 0.657. The summed E-state index contributed by atoms with van der Waals surface area (Å²) in [7, 11) is 0. The minimum absolute atomic E-state index is 0.0188. The van der Waals surface area contributed by atoms with Crippen LogP contribution in [0, 0.1) is 20.2 Å². The molecule has 0 radical (unpaired) electrons. The molecule has 43 heavy (non-hydrogen) atoms. The molecule has 6 nitrogen and oxygen atoms in total. The molecule has 3 rings (SSSR count). The van der Waals surface area contributed by atoms with E-state index in [2.05, 4.69) is 38.8 Å². The number of halogens is 2. The second kappa shape index (κ2) is 19.6. The van der Waals surface area contributed by atoms with Crippen LogP contribution in [0.3, 0.4) is 0 Å². The highest BCUT2D eigenvalue weighted by atomic mass is 79.9. The van der Waals surface area contributed by atoms with Crippen molar-refractivity contribution in [2.24, 2.45) is 0 Å². The van der Waals surface area contributed by atoms with Gasteiger partial charge in [0, 0.05) is 17.5 Å². The number of nitro groups is 2. The third-order valence-corrected chi connectivity index (χ3v) is 10.3. The fourth-order valence-electron chi connectivity index (χ4n) is 6.65. The van der Waals surface area contributed by atoms with E-state index < -0.39 is 4.92 Å². The van der Waals surface area contributed by atoms with Crippen LogP contribution in [0.5, 0.6) is 0 Å². The molecule has 0 fully saturated rings. The number of unbranched alkanes of at least 4 members (excludes halogenated alkanes) is 19. The first-order valence-electron chi connectivity index (χ1n) is 16.8. The van der Waals surface area contributed by atoms with Gasteiger partial charge in [-0.25, -0.2) is 0 Å². The Kier molecular flexibility index (Phi) is 16.2. The Morgan fingerprint density at radius 2 is 1.07 bits per heavy atom. The monoisotopic (exact) mass is 720 g/mol. The van der Waals surface area contributed by atoms with Gasteiger partial charge < -0.3 is 0 Å². The van der Waals surface area contributed by atoms with Gasteiger partial charge >= 0.3 is 0 Å². The third kappa shape index (κ3) is 10.9. The number of hydrogen-bond acceptors (Lipinski definition) is 4. The summed E-state index contributed by atoms with van der Waals surface area (Å²) in [4.78, 5) is 22.9. The molecule has 238 valence electrons. The first kappa shape index (κ1) is 35.7. The van der Waals surface area contributed by atoms with Gasteiger partial charge in [0.1, 0.15) is 0 Å². The van der Waals surface area contributed by atoms with Crippen LogP contribution in [0.1, 0.15) is 159 Å². The van der Waals surface area contributed by atoms with E-state index in [0.717, 1.165) is 36.0 Å². The molecule has 2 aromatic rings. The van der Waals surface area contributed by atoms with Gasteiger partial charge in [-0.3, -0.25) is 20.2 Å². The largest absolute Gasteiger partial charge is 0.287 e. The number of nitrogens with zero attached hydrogens (tertiary/aromatic N) is 2. The summed E-state index contributed by atoms with van der Waals surface area (Å²) < 4.78 is 0.866. The molecule has 0 amide bonds. The third-order valence-electron chi connectivity index (χ3n) is 9.03. The summed E-state index contributed by atoms with van der Waals surface area (Å²) in [6.07, 6.45) is 27.4. The van der Waals surface area contributed by atoms with Crippen molar-refractivity contribution in [3.63, 3.8) is 0 Å². The topological polar surface area (TPSA) is 86.3 Å². The van der Waals surface area contributed by atoms with Crippen LogP contribution in [-0.4, -0.2) is 9.85 Å². The lowest BCUT2D eigenvalue weighted by molar-refractivity contribution is -0.386. The molecular formula is C35H50Br2N2O4. The second-order valence-electron chi connectivity index (χ2n) is 12.3. The molecule has 1 aliphatic rings. The molecule has 0 saturated carbocycles. The molecule has 1 unspecified atom stereocenters. The second-order valence-corrected chi connectivity index (χ2v) is 14.0. The van der Waals surface area contributed by atoms with Crippen LogP contribution in [0.25, 0.3) is 11.1 Å². The summed E-state index contributed by atoms with van der Waals surface area (Å²) in [5, 5.41) is 23.6. The normalized spacial score (nSPS) is 13.7. The summed E-state index contributed by atoms with van der Waals surface area (Å²) in [6.45, 7) is 2.28. The Morgan fingerprint density at radius 3 is 1.51 bits per heavy atom. The fourth-order valence-corrected chi connectivity index (χ4v) is 7.65. The highest BCUT2D eigenvalue weighted by molar-refractivity contribution is 9.11. The van der Waals surface area contributed by atoms with Crippen molar-refractivity contribution in [1.29, 1.82) is 0 Å². The minimum Gasteiger partial charge on any atom is -0.258 e. The van der Waals surface area contributed by atoms with Gasteiger partial charge in [-0.05, 0) is 67.1 Å². The zero-order valence-electron chi connectivity index (χ0n) is 26.0. The van der Waals surface area contributed by atoms with Crippen LogP contribution in [0.4, 0.5) is 11.4 Å². The van der Waals surface area contributed by atoms with Crippen molar-refractivity contribution in [2.75, 3.05) is 0 Å². The van der Waals surface area contributed by atoms with Crippen LogP contribution in [0.15, 0.2) is 33.2 Å². The van der Waals surface area contributed by atoms with Gasteiger partial charge in [0.15, 0.2) is 0 Å². The van der Waals surface area contributed by atoms with E-state index in [1.54, 1.807) is 18.2 Å². The summed E-state index contributed by atoms with van der Waals surface area (Å²) in [6, 6.07) is 6.88. The van der Waals surface area contributed by atoms with Gasteiger partial charge in [-0.15, -0.1) is 0 Å². The SMILES string of the molecule is CCCCCCCCCCCCCCCCCCCCCCC1c2cc(Br)c([N+](=O)[O-])cc2-c2ccc(Br)c([N+](=O)[O-])c21. The first-order valence-corrected chi connectivity index (χ1v) is 18.4. The quantitative estimate of drug-likeness (QED) is 0.0649. The predicted molar refractivity (Wildman–Crippen MR) is 185 cm³/mol. The lowest BCUT2D eigenvalue weighted by Crippen LogP contribution is -2.03. The Labute approximate surface area is 275 Å². The Morgan fingerprint density at radius 1 is 0.605 bits per heavy atom. The van der Waals surface area contributed by atoms with Crippen molar-refractivity contribution >= 4 is 43.2 Å². The van der Waals surface area contributed by atoms with Crippen LogP contribution < -0.4 is 0 Å². The van der Waals surface area contributed by atoms with Crippen LogP contribution in [-0.2, 0) is 0 Å². The molecule has 0 heterocycles. The Hall–Kier alpha value is -1.80. The molecule has 8 heteroatoms. The molecule has 2 aromatic carbocycles. The average molecular weight is 723 g/mol. The van der Waals surface area contributed by atoms with Crippen molar-refractivity contribution in [2.45, 2.75) is 148 Å².